The highest BCUT2D eigenvalue weighted by atomic mass is 32.1. The van der Waals surface area contributed by atoms with Crippen molar-refractivity contribution in [1.82, 2.24) is 15.2 Å². The van der Waals surface area contributed by atoms with Gasteiger partial charge in [-0.1, -0.05) is 13.8 Å². The fraction of sp³-hybridized carbons (Fsp3) is 0.789. The van der Waals surface area contributed by atoms with E-state index in [9.17, 15) is 4.79 Å². The molecule has 4 nitrogen and oxygen atoms in total. The number of piperidine rings is 2. The van der Waals surface area contributed by atoms with Crippen LogP contribution < -0.4 is 5.32 Å². The molecule has 3 heterocycles. The second-order valence-corrected chi connectivity index (χ2v) is 9.15. The van der Waals surface area contributed by atoms with Crippen LogP contribution in [0.15, 0.2) is 5.38 Å². The van der Waals surface area contributed by atoms with Crippen molar-refractivity contribution in [1.29, 1.82) is 0 Å². The van der Waals surface area contributed by atoms with E-state index >= 15 is 0 Å². The summed E-state index contributed by atoms with van der Waals surface area (Å²) in [6.07, 6.45) is 5.79. The van der Waals surface area contributed by atoms with Crippen molar-refractivity contribution in [3.05, 3.63) is 16.1 Å². The molecule has 5 heteroatoms. The van der Waals surface area contributed by atoms with Gasteiger partial charge in [-0.25, -0.2) is 4.98 Å². The summed E-state index contributed by atoms with van der Waals surface area (Å²) in [5.41, 5.74) is 1.55. The lowest BCUT2D eigenvalue weighted by molar-refractivity contribution is -0.134. The summed E-state index contributed by atoms with van der Waals surface area (Å²) in [6, 6.07) is 0. The number of nitrogens with zero attached hydrogens (tertiary/aromatic N) is 2. The third-order valence-corrected chi connectivity index (χ3v) is 7.33. The maximum Gasteiger partial charge on any atom is 0.226 e. The Kier molecular flexibility index (Phi) is 4.42. The normalized spacial score (nSPS) is 29.2. The Balaban J connectivity index is 1.40. The number of thiazole rings is 1. The van der Waals surface area contributed by atoms with Gasteiger partial charge in [0.2, 0.25) is 5.91 Å². The number of aromatic nitrogens is 1. The van der Waals surface area contributed by atoms with Crippen LogP contribution in [-0.4, -0.2) is 42.0 Å². The largest absolute Gasteiger partial charge is 0.342 e. The van der Waals surface area contributed by atoms with Crippen LogP contribution >= 0.6 is 11.3 Å². The standard InChI is InChI=1S/C19H29N3OS/c1-13(2)16-12-24-17(21-16)14-4-3-9-22(11-14)18(23)15-10-19(15)5-7-20-8-6-19/h12-15,20H,3-11H2,1-2H3. The number of nitrogens with one attached hydrogen (secondary N) is 1. The summed E-state index contributed by atoms with van der Waals surface area (Å²) in [5, 5.41) is 6.87. The van der Waals surface area contributed by atoms with Gasteiger partial charge < -0.3 is 10.2 Å². The number of carbonyl (C=O) groups is 1. The Morgan fingerprint density at radius 3 is 2.92 bits per heavy atom. The van der Waals surface area contributed by atoms with Gasteiger partial charge >= 0.3 is 0 Å². The van der Waals surface area contributed by atoms with Crippen molar-refractivity contribution in [2.24, 2.45) is 11.3 Å². The van der Waals surface area contributed by atoms with Gasteiger partial charge in [-0.2, -0.15) is 0 Å². The van der Waals surface area contributed by atoms with Gasteiger partial charge in [0, 0.05) is 30.3 Å². The fourth-order valence-corrected chi connectivity index (χ4v) is 5.64. The number of hydrogen-bond acceptors (Lipinski definition) is 4. The molecule has 1 aromatic heterocycles. The molecule has 1 aliphatic carbocycles. The molecule has 24 heavy (non-hydrogen) atoms. The lowest BCUT2D eigenvalue weighted by Crippen LogP contribution is -2.41. The van der Waals surface area contributed by atoms with E-state index in [-0.39, 0.29) is 0 Å². The molecule has 3 aliphatic rings. The third-order valence-electron chi connectivity index (χ3n) is 6.30. The first-order chi connectivity index (χ1) is 11.6. The minimum Gasteiger partial charge on any atom is -0.342 e. The number of amides is 1. The molecular formula is C19H29N3OS. The summed E-state index contributed by atoms with van der Waals surface area (Å²) in [4.78, 5) is 20.0. The lowest BCUT2D eigenvalue weighted by atomic mass is 9.91. The van der Waals surface area contributed by atoms with E-state index in [0.717, 1.165) is 39.0 Å². The van der Waals surface area contributed by atoms with E-state index in [4.69, 9.17) is 4.98 Å². The van der Waals surface area contributed by atoms with Crippen molar-refractivity contribution in [3.63, 3.8) is 0 Å². The minimum absolute atomic E-state index is 0.306. The summed E-state index contributed by atoms with van der Waals surface area (Å²) in [6.45, 7) is 8.40. The molecule has 1 amide bonds. The third kappa shape index (κ3) is 3.01. The SMILES string of the molecule is CC(C)c1csc(C2CCCN(C(=O)C3CC34CCNCC4)C2)n1. The molecule has 2 aliphatic heterocycles. The van der Waals surface area contributed by atoms with E-state index in [2.05, 4.69) is 29.4 Å². The molecule has 1 saturated carbocycles. The van der Waals surface area contributed by atoms with Crippen molar-refractivity contribution in [2.75, 3.05) is 26.2 Å². The van der Waals surface area contributed by atoms with Crippen LogP contribution in [0.3, 0.4) is 0 Å². The van der Waals surface area contributed by atoms with E-state index < -0.39 is 0 Å². The minimum atomic E-state index is 0.306. The summed E-state index contributed by atoms with van der Waals surface area (Å²) >= 11 is 1.79. The second kappa shape index (κ2) is 6.41. The van der Waals surface area contributed by atoms with Gasteiger partial charge in [-0.15, -0.1) is 11.3 Å². The first kappa shape index (κ1) is 16.5. The number of rotatable bonds is 3. The maximum atomic E-state index is 13.0. The monoisotopic (exact) mass is 347 g/mol. The Morgan fingerprint density at radius 1 is 1.42 bits per heavy atom. The average Bonchev–Trinajstić information content (AvgIpc) is 3.07. The second-order valence-electron chi connectivity index (χ2n) is 8.26. The Bertz CT molecular complexity index is 606. The highest BCUT2D eigenvalue weighted by molar-refractivity contribution is 7.09. The molecule has 132 valence electrons. The molecule has 1 aromatic rings. The van der Waals surface area contributed by atoms with Crippen LogP contribution in [0.25, 0.3) is 0 Å². The molecule has 3 fully saturated rings. The molecule has 2 unspecified atom stereocenters. The Labute approximate surface area is 149 Å². The van der Waals surface area contributed by atoms with E-state index in [1.165, 1.54) is 30.0 Å². The summed E-state index contributed by atoms with van der Waals surface area (Å²) in [5.74, 6) is 1.67. The Hall–Kier alpha value is -0.940. The molecule has 0 bridgehead atoms. The smallest absolute Gasteiger partial charge is 0.226 e. The van der Waals surface area contributed by atoms with Gasteiger partial charge in [0.05, 0.1) is 10.7 Å². The van der Waals surface area contributed by atoms with Gasteiger partial charge in [-0.05, 0) is 56.5 Å². The molecule has 0 radical (unpaired) electrons. The zero-order chi connectivity index (χ0) is 16.7. The van der Waals surface area contributed by atoms with Crippen LogP contribution in [0, 0.1) is 11.3 Å². The van der Waals surface area contributed by atoms with Crippen molar-refractivity contribution in [3.8, 4) is 0 Å². The van der Waals surface area contributed by atoms with Gasteiger partial charge in [0.15, 0.2) is 0 Å². The van der Waals surface area contributed by atoms with Crippen LogP contribution in [0.1, 0.15) is 68.5 Å². The average molecular weight is 348 g/mol. The zero-order valence-electron chi connectivity index (χ0n) is 14.9. The van der Waals surface area contributed by atoms with E-state index in [1.807, 2.05) is 0 Å². The van der Waals surface area contributed by atoms with E-state index in [0.29, 0.717) is 29.1 Å². The van der Waals surface area contributed by atoms with Crippen LogP contribution in [-0.2, 0) is 4.79 Å². The quantitative estimate of drug-likeness (QED) is 0.912. The van der Waals surface area contributed by atoms with Crippen LogP contribution in [0.4, 0.5) is 0 Å². The van der Waals surface area contributed by atoms with Crippen LogP contribution in [0.2, 0.25) is 0 Å². The zero-order valence-corrected chi connectivity index (χ0v) is 15.7. The number of likely N-dealkylation sites (tertiary alicyclic amines) is 1. The van der Waals surface area contributed by atoms with E-state index in [1.54, 1.807) is 11.3 Å². The highest BCUT2D eigenvalue weighted by Crippen LogP contribution is 2.59. The van der Waals surface area contributed by atoms with Gasteiger partial charge in [-0.3, -0.25) is 4.79 Å². The highest BCUT2D eigenvalue weighted by Gasteiger charge is 2.58. The van der Waals surface area contributed by atoms with Crippen LogP contribution in [0.5, 0.6) is 0 Å². The first-order valence-electron chi connectivity index (χ1n) is 9.54. The maximum absolute atomic E-state index is 13.0. The van der Waals surface area contributed by atoms with Crippen molar-refractivity contribution >= 4 is 17.2 Å². The topological polar surface area (TPSA) is 45.2 Å². The Morgan fingerprint density at radius 2 is 2.21 bits per heavy atom. The molecule has 1 N–H and O–H groups in total. The molecular weight excluding hydrogens is 318 g/mol. The summed E-state index contributed by atoms with van der Waals surface area (Å²) < 4.78 is 0. The first-order valence-corrected chi connectivity index (χ1v) is 10.4. The van der Waals surface area contributed by atoms with Crippen molar-refractivity contribution < 1.29 is 4.79 Å². The van der Waals surface area contributed by atoms with Crippen molar-refractivity contribution in [2.45, 2.75) is 57.8 Å². The molecule has 4 rings (SSSR count). The lowest BCUT2D eigenvalue weighted by Gasteiger charge is -2.33. The molecule has 2 atom stereocenters. The van der Waals surface area contributed by atoms with Gasteiger partial charge in [0.25, 0.3) is 0 Å². The molecule has 0 aromatic carbocycles. The van der Waals surface area contributed by atoms with Gasteiger partial charge in [0.1, 0.15) is 0 Å². The summed E-state index contributed by atoms with van der Waals surface area (Å²) in [7, 11) is 0. The fourth-order valence-electron chi connectivity index (χ4n) is 4.53. The molecule has 1 spiro atoms. The number of hydrogen-bond donors (Lipinski definition) is 1. The number of carbonyl (C=O) groups excluding carboxylic acids is 1. The predicted octanol–water partition coefficient (Wildman–Crippen LogP) is 3.36. The predicted molar refractivity (Wildman–Crippen MR) is 97.4 cm³/mol. The molecule has 2 saturated heterocycles.